The highest BCUT2D eigenvalue weighted by Crippen LogP contribution is 2.21. The number of carboxylic acid groups (broad SMARTS) is 1. The summed E-state index contributed by atoms with van der Waals surface area (Å²) in [6, 6.07) is 7.12. The van der Waals surface area contributed by atoms with Crippen molar-refractivity contribution in [1.29, 1.82) is 0 Å². The molecular formula is C19H28ClNO5. The van der Waals surface area contributed by atoms with Crippen molar-refractivity contribution in [3.8, 4) is 0 Å². The lowest BCUT2D eigenvalue weighted by atomic mass is 9.96. The topological polar surface area (TPSA) is 84.9 Å². The fourth-order valence-corrected chi connectivity index (χ4v) is 2.37. The highest BCUT2D eigenvalue weighted by Gasteiger charge is 2.21. The maximum atomic E-state index is 11.7. The van der Waals surface area contributed by atoms with Gasteiger partial charge in [0.05, 0.1) is 12.3 Å². The molecule has 0 saturated heterocycles. The lowest BCUT2D eigenvalue weighted by molar-refractivity contribution is -0.193. The summed E-state index contributed by atoms with van der Waals surface area (Å²) < 4.78 is 10.9. The van der Waals surface area contributed by atoms with Gasteiger partial charge in [-0.15, -0.1) is 0 Å². The number of nitrogens with one attached hydrogen (secondary N) is 1. The van der Waals surface area contributed by atoms with Crippen LogP contribution in [0.15, 0.2) is 24.3 Å². The quantitative estimate of drug-likeness (QED) is 0.343. The van der Waals surface area contributed by atoms with E-state index in [1.165, 1.54) is 0 Å². The van der Waals surface area contributed by atoms with Crippen LogP contribution in [0.3, 0.4) is 0 Å². The average Bonchev–Trinajstić information content (AvgIpc) is 2.56. The van der Waals surface area contributed by atoms with Gasteiger partial charge in [-0.3, -0.25) is 14.9 Å². The second-order valence-electron chi connectivity index (χ2n) is 6.82. The molecule has 0 amide bonds. The predicted molar refractivity (Wildman–Crippen MR) is 100.0 cm³/mol. The summed E-state index contributed by atoms with van der Waals surface area (Å²) in [6.45, 7) is 7.90. The van der Waals surface area contributed by atoms with Crippen LogP contribution in [0.4, 0.5) is 0 Å². The van der Waals surface area contributed by atoms with Crippen LogP contribution in [-0.4, -0.2) is 36.6 Å². The van der Waals surface area contributed by atoms with E-state index in [0.29, 0.717) is 11.6 Å². The van der Waals surface area contributed by atoms with Crippen molar-refractivity contribution in [2.45, 2.75) is 46.3 Å². The van der Waals surface area contributed by atoms with Gasteiger partial charge in [-0.2, -0.15) is 0 Å². The van der Waals surface area contributed by atoms with Crippen molar-refractivity contribution in [3.05, 3.63) is 34.9 Å². The van der Waals surface area contributed by atoms with Gasteiger partial charge in [0.25, 0.3) is 0 Å². The molecule has 2 atom stereocenters. The highest BCUT2D eigenvalue weighted by atomic mass is 35.5. The lowest BCUT2D eigenvalue weighted by Gasteiger charge is -2.23. The van der Waals surface area contributed by atoms with E-state index < -0.39 is 12.3 Å². The molecule has 1 aromatic carbocycles. The number of halogens is 1. The molecule has 0 aliphatic rings. The zero-order chi connectivity index (χ0) is 19.7. The molecule has 7 heteroatoms. The second-order valence-corrected chi connectivity index (χ2v) is 7.25. The zero-order valence-corrected chi connectivity index (χ0v) is 16.5. The molecule has 6 nitrogen and oxygen atoms in total. The summed E-state index contributed by atoms with van der Waals surface area (Å²) in [5.41, 5.74) is 0.885. The predicted octanol–water partition coefficient (Wildman–Crippen LogP) is 3.64. The first kappa shape index (κ1) is 22.4. The summed E-state index contributed by atoms with van der Waals surface area (Å²) in [6.07, 6.45) is -0.657. The molecule has 0 radical (unpaired) electrons. The Labute approximate surface area is 159 Å². The monoisotopic (exact) mass is 385 g/mol. The normalized spacial score (nSPS) is 13.7. The van der Waals surface area contributed by atoms with Crippen LogP contribution in [0, 0.1) is 11.8 Å². The Bertz CT molecular complexity index is 574. The van der Waals surface area contributed by atoms with Crippen molar-refractivity contribution in [1.82, 2.24) is 5.32 Å². The SMILES string of the molecule is CC(C)C(=O)OC(OCNCC(CC(=O)O)c1ccc(Cl)cc1)C(C)C. The van der Waals surface area contributed by atoms with Gasteiger partial charge >= 0.3 is 11.9 Å². The molecular weight excluding hydrogens is 358 g/mol. The number of hydrogen-bond acceptors (Lipinski definition) is 5. The molecule has 0 heterocycles. The van der Waals surface area contributed by atoms with E-state index in [9.17, 15) is 9.59 Å². The minimum atomic E-state index is -0.876. The molecule has 1 aromatic rings. The molecule has 0 aliphatic heterocycles. The Morgan fingerprint density at radius 2 is 1.77 bits per heavy atom. The van der Waals surface area contributed by atoms with Crippen molar-refractivity contribution in [3.63, 3.8) is 0 Å². The number of carbonyl (C=O) groups is 2. The standard InChI is InChI=1S/C19H28ClNO5/c1-12(2)18(24)26-19(13(3)4)25-11-21-10-15(9-17(22)23)14-5-7-16(20)8-6-14/h5-8,12-13,15,19,21H,9-11H2,1-4H3,(H,22,23). The van der Waals surface area contributed by atoms with E-state index in [2.05, 4.69) is 5.32 Å². The largest absolute Gasteiger partial charge is 0.481 e. The smallest absolute Gasteiger partial charge is 0.310 e. The first-order valence-corrected chi connectivity index (χ1v) is 9.08. The summed E-state index contributed by atoms with van der Waals surface area (Å²) in [5, 5.41) is 12.8. The highest BCUT2D eigenvalue weighted by molar-refractivity contribution is 6.30. The molecule has 26 heavy (non-hydrogen) atoms. The Kier molecular flexibility index (Phi) is 9.62. The van der Waals surface area contributed by atoms with Gasteiger partial charge in [0.2, 0.25) is 6.29 Å². The Hall–Kier alpha value is -1.63. The second kappa shape index (κ2) is 11.2. The molecule has 1 rings (SSSR count). The summed E-state index contributed by atoms with van der Waals surface area (Å²) in [7, 11) is 0. The number of carbonyl (C=O) groups excluding carboxylic acids is 1. The van der Waals surface area contributed by atoms with Gasteiger partial charge in [0, 0.05) is 23.4 Å². The van der Waals surface area contributed by atoms with E-state index in [1.807, 2.05) is 26.0 Å². The first-order chi connectivity index (χ1) is 12.2. The van der Waals surface area contributed by atoms with Gasteiger partial charge < -0.3 is 14.6 Å². The number of hydrogen-bond donors (Lipinski definition) is 2. The van der Waals surface area contributed by atoms with E-state index in [4.69, 9.17) is 26.2 Å². The van der Waals surface area contributed by atoms with E-state index in [1.54, 1.807) is 26.0 Å². The van der Waals surface area contributed by atoms with Crippen LogP contribution in [0.1, 0.15) is 45.6 Å². The molecule has 2 unspecified atom stereocenters. The van der Waals surface area contributed by atoms with Gasteiger partial charge in [-0.25, -0.2) is 0 Å². The molecule has 0 saturated carbocycles. The third-order valence-corrected chi connectivity index (χ3v) is 4.00. The van der Waals surface area contributed by atoms with Crippen LogP contribution < -0.4 is 5.32 Å². The van der Waals surface area contributed by atoms with Gasteiger partial charge in [0.15, 0.2) is 0 Å². The van der Waals surface area contributed by atoms with Crippen LogP contribution in [-0.2, 0) is 19.1 Å². The van der Waals surface area contributed by atoms with E-state index in [-0.39, 0.29) is 36.9 Å². The summed E-state index contributed by atoms with van der Waals surface area (Å²) in [4.78, 5) is 22.9. The third kappa shape index (κ3) is 8.17. The molecule has 0 aromatic heterocycles. The fraction of sp³-hybridized carbons (Fsp3) is 0.579. The molecule has 0 fully saturated rings. The number of esters is 1. The average molecular weight is 386 g/mol. The first-order valence-electron chi connectivity index (χ1n) is 8.70. The molecule has 0 spiro atoms. The van der Waals surface area contributed by atoms with Crippen LogP contribution in [0.5, 0.6) is 0 Å². The fourth-order valence-electron chi connectivity index (χ4n) is 2.24. The summed E-state index contributed by atoms with van der Waals surface area (Å²) >= 11 is 5.88. The van der Waals surface area contributed by atoms with Crippen molar-refractivity contribution < 1.29 is 24.2 Å². The van der Waals surface area contributed by atoms with E-state index >= 15 is 0 Å². The molecule has 0 bridgehead atoms. The van der Waals surface area contributed by atoms with Gasteiger partial charge in [-0.1, -0.05) is 51.4 Å². The Morgan fingerprint density at radius 1 is 1.15 bits per heavy atom. The molecule has 2 N–H and O–H groups in total. The number of ether oxygens (including phenoxy) is 2. The maximum absolute atomic E-state index is 11.7. The van der Waals surface area contributed by atoms with Gasteiger partial charge in [-0.05, 0) is 17.7 Å². The number of rotatable bonds is 11. The van der Waals surface area contributed by atoms with Crippen LogP contribution in [0.2, 0.25) is 5.02 Å². The molecule has 0 aliphatic carbocycles. The number of aliphatic carboxylic acids is 1. The Morgan fingerprint density at radius 3 is 2.27 bits per heavy atom. The maximum Gasteiger partial charge on any atom is 0.310 e. The van der Waals surface area contributed by atoms with E-state index in [0.717, 1.165) is 5.56 Å². The van der Waals surface area contributed by atoms with Crippen LogP contribution >= 0.6 is 11.6 Å². The van der Waals surface area contributed by atoms with Gasteiger partial charge in [0.1, 0.15) is 6.73 Å². The molecule has 146 valence electrons. The van der Waals surface area contributed by atoms with Crippen molar-refractivity contribution in [2.75, 3.05) is 13.3 Å². The lowest BCUT2D eigenvalue weighted by Crippen LogP contribution is -2.34. The minimum Gasteiger partial charge on any atom is -0.481 e. The Balaban J connectivity index is 2.56. The number of carboxylic acids is 1. The van der Waals surface area contributed by atoms with Crippen LogP contribution in [0.25, 0.3) is 0 Å². The minimum absolute atomic E-state index is 0.00517. The van der Waals surface area contributed by atoms with Crippen molar-refractivity contribution in [2.24, 2.45) is 11.8 Å². The summed E-state index contributed by atoms with van der Waals surface area (Å²) in [5.74, 6) is -1.63. The zero-order valence-electron chi connectivity index (χ0n) is 15.7. The third-order valence-electron chi connectivity index (χ3n) is 3.75. The van der Waals surface area contributed by atoms with Crippen molar-refractivity contribution >= 4 is 23.5 Å². The number of benzene rings is 1.